The van der Waals surface area contributed by atoms with E-state index in [9.17, 15) is 22.4 Å². The first-order valence-corrected chi connectivity index (χ1v) is 16.2. The van der Waals surface area contributed by atoms with E-state index in [1.807, 2.05) is 64.1 Å². The lowest BCUT2D eigenvalue weighted by Gasteiger charge is -2.33. The second kappa shape index (κ2) is 15.0. The highest BCUT2D eigenvalue weighted by atomic mass is 32.2. The summed E-state index contributed by atoms with van der Waals surface area (Å²) in [5, 5.41) is 3.00. The first-order chi connectivity index (χ1) is 19.9. The van der Waals surface area contributed by atoms with E-state index in [-0.39, 0.29) is 50.2 Å². The van der Waals surface area contributed by atoms with Crippen molar-refractivity contribution in [1.82, 2.24) is 10.2 Å². The molecule has 0 fully saturated rings. The molecule has 0 saturated carbocycles. The Bertz CT molecular complexity index is 1460. The number of rotatable bonds is 14. The number of halogens is 1. The van der Waals surface area contributed by atoms with E-state index in [2.05, 4.69) is 5.32 Å². The van der Waals surface area contributed by atoms with Gasteiger partial charge in [-0.25, -0.2) is 12.8 Å². The molecule has 9 heteroatoms. The number of amides is 2. The van der Waals surface area contributed by atoms with Crippen LogP contribution < -0.4 is 9.62 Å². The number of nitrogens with one attached hydrogen (secondary N) is 1. The molecule has 0 bridgehead atoms. The Labute approximate surface area is 249 Å². The predicted octanol–water partition coefficient (Wildman–Crippen LogP) is 5.54. The number of hydrogen-bond acceptors (Lipinski definition) is 4. The molecule has 2 amide bonds. The molecule has 0 heterocycles. The smallest absolute Gasteiger partial charge is 0.243 e. The normalized spacial score (nSPS) is 12.8. The van der Waals surface area contributed by atoms with Gasteiger partial charge in [0.25, 0.3) is 0 Å². The van der Waals surface area contributed by atoms with Crippen LogP contribution in [0.4, 0.5) is 10.1 Å². The number of aryl methyl sites for hydroxylation is 1. The van der Waals surface area contributed by atoms with Gasteiger partial charge in [0.1, 0.15) is 11.9 Å². The van der Waals surface area contributed by atoms with Crippen LogP contribution >= 0.6 is 0 Å². The molecule has 0 radical (unpaired) electrons. The van der Waals surface area contributed by atoms with Gasteiger partial charge in [0.05, 0.1) is 11.9 Å². The van der Waals surface area contributed by atoms with Crippen LogP contribution in [0.1, 0.15) is 55.4 Å². The van der Waals surface area contributed by atoms with Gasteiger partial charge in [-0.3, -0.25) is 13.9 Å². The molecule has 0 aliphatic heterocycles. The van der Waals surface area contributed by atoms with Crippen molar-refractivity contribution in [3.63, 3.8) is 0 Å². The summed E-state index contributed by atoms with van der Waals surface area (Å²) in [6.45, 7) is 7.64. The molecule has 7 nitrogen and oxygen atoms in total. The third-order valence-corrected chi connectivity index (χ3v) is 8.75. The van der Waals surface area contributed by atoms with Gasteiger partial charge in [0.2, 0.25) is 21.8 Å². The molecule has 0 spiro atoms. The van der Waals surface area contributed by atoms with E-state index in [1.165, 1.54) is 15.3 Å². The van der Waals surface area contributed by atoms with Crippen LogP contribution in [0.2, 0.25) is 0 Å². The van der Waals surface area contributed by atoms with E-state index in [4.69, 9.17) is 0 Å². The van der Waals surface area contributed by atoms with E-state index in [1.54, 1.807) is 30.3 Å². The highest BCUT2D eigenvalue weighted by molar-refractivity contribution is 7.92. The molecule has 3 aromatic rings. The molecule has 226 valence electrons. The summed E-state index contributed by atoms with van der Waals surface area (Å²) in [6.07, 6.45) is 2.31. The monoisotopic (exact) mass is 595 g/mol. The number of sulfonamides is 1. The first-order valence-electron chi connectivity index (χ1n) is 14.3. The second-order valence-electron chi connectivity index (χ2n) is 10.8. The lowest BCUT2D eigenvalue weighted by Crippen LogP contribution is -2.52. The highest BCUT2D eigenvalue weighted by Crippen LogP contribution is 2.26. The fourth-order valence-corrected chi connectivity index (χ4v) is 5.81. The molecular formula is C33H42FN3O4S. The van der Waals surface area contributed by atoms with Gasteiger partial charge in [-0.15, -0.1) is 0 Å². The Morgan fingerprint density at radius 1 is 0.952 bits per heavy atom. The lowest BCUT2D eigenvalue weighted by atomic mass is 10.0. The molecular weight excluding hydrogens is 553 g/mol. The third kappa shape index (κ3) is 8.89. The van der Waals surface area contributed by atoms with Crippen LogP contribution in [0.25, 0.3) is 0 Å². The number of anilines is 1. The summed E-state index contributed by atoms with van der Waals surface area (Å²) >= 11 is 0. The van der Waals surface area contributed by atoms with Crippen molar-refractivity contribution < 1.29 is 22.4 Å². The summed E-state index contributed by atoms with van der Waals surface area (Å²) in [7, 11) is -3.62. The molecule has 0 aromatic heterocycles. The summed E-state index contributed by atoms with van der Waals surface area (Å²) in [5.41, 5.74) is 3.55. The Morgan fingerprint density at radius 3 is 2.26 bits per heavy atom. The quantitative estimate of drug-likeness (QED) is 0.265. The molecule has 42 heavy (non-hydrogen) atoms. The average molecular weight is 596 g/mol. The van der Waals surface area contributed by atoms with E-state index in [0.717, 1.165) is 22.9 Å². The van der Waals surface area contributed by atoms with Gasteiger partial charge in [-0.2, -0.15) is 0 Å². The predicted molar refractivity (Wildman–Crippen MR) is 166 cm³/mol. The summed E-state index contributed by atoms with van der Waals surface area (Å²) in [5.74, 6) is -1.13. The topological polar surface area (TPSA) is 86.8 Å². The maximum absolute atomic E-state index is 14.8. The van der Waals surface area contributed by atoms with Gasteiger partial charge in [-0.1, -0.05) is 67.6 Å². The molecule has 2 atom stereocenters. The van der Waals surface area contributed by atoms with Gasteiger partial charge in [0, 0.05) is 37.5 Å². The minimum absolute atomic E-state index is 0.0206. The van der Waals surface area contributed by atoms with Crippen molar-refractivity contribution in [1.29, 1.82) is 0 Å². The molecule has 0 saturated heterocycles. The Hall–Kier alpha value is -3.72. The SMILES string of the molecule is CC[C@@H](C)NC(=O)[C@@H](Cc1ccccc1)N(Cc1ccccc1F)C(=O)CCCN(c1cccc(C)c1C)S(C)(=O)=O. The Morgan fingerprint density at radius 2 is 1.62 bits per heavy atom. The van der Waals surface area contributed by atoms with Crippen molar-refractivity contribution in [2.24, 2.45) is 0 Å². The van der Waals surface area contributed by atoms with Crippen LogP contribution in [0.15, 0.2) is 72.8 Å². The zero-order valence-corrected chi connectivity index (χ0v) is 26.0. The molecule has 3 rings (SSSR count). The molecule has 0 aliphatic rings. The zero-order chi connectivity index (χ0) is 30.9. The van der Waals surface area contributed by atoms with E-state index < -0.39 is 21.9 Å². The Balaban J connectivity index is 1.92. The van der Waals surface area contributed by atoms with Crippen molar-refractivity contribution in [2.45, 2.75) is 72.0 Å². The number of carbonyl (C=O) groups excluding carboxylic acids is 2. The second-order valence-corrected chi connectivity index (χ2v) is 12.7. The van der Waals surface area contributed by atoms with Crippen LogP contribution in [-0.4, -0.2) is 50.0 Å². The van der Waals surface area contributed by atoms with E-state index in [0.29, 0.717) is 17.7 Å². The van der Waals surface area contributed by atoms with Crippen molar-refractivity contribution >= 4 is 27.5 Å². The number of benzene rings is 3. The van der Waals surface area contributed by atoms with Crippen molar-refractivity contribution in [3.05, 3.63) is 101 Å². The molecule has 0 unspecified atom stereocenters. The summed E-state index contributed by atoms with van der Waals surface area (Å²) < 4.78 is 41.6. The fourth-order valence-electron chi connectivity index (χ4n) is 4.79. The van der Waals surface area contributed by atoms with Gasteiger partial charge in [0.15, 0.2) is 0 Å². The van der Waals surface area contributed by atoms with Crippen LogP contribution in [-0.2, 0) is 32.6 Å². The maximum Gasteiger partial charge on any atom is 0.243 e. The van der Waals surface area contributed by atoms with Crippen molar-refractivity contribution in [2.75, 3.05) is 17.1 Å². The number of hydrogen-bond donors (Lipinski definition) is 1. The standard InChI is InChI=1S/C33H42FN3O4S/c1-6-25(3)35-33(39)31(22-27-15-8-7-9-16-27)36(23-28-17-10-11-18-29(28)34)32(38)20-13-21-37(42(5,40)41)30-19-12-14-24(2)26(30)4/h7-12,14-19,25,31H,6,13,20-23H2,1-5H3,(H,35,39)/t25-,31-/m1/s1. The van der Waals surface area contributed by atoms with Crippen LogP contribution in [0.3, 0.4) is 0 Å². The van der Waals surface area contributed by atoms with Crippen LogP contribution in [0.5, 0.6) is 0 Å². The molecule has 1 N–H and O–H groups in total. The van der Waals surface area contributed by atoms with Gasteiger partial charge >= 0.3 is 0 Å². The highest BCUT2D eigenvalue weighted by Gasteiger charge is 2.31. The fraction of sp³-hybridized carbons (Fsp3) is 0.394. The Kier molecular flexibility index (Phi) is 11.7. The average Bonchev–Trinajstić information content (AvgIpc) is 2.95. The van der Waals surface area contributed by atoms with Crippen molar-refractivity contribution in [3.8, 4) is 0 Å². The summed E-state index contributed by atoms with van der Waals surface area (Å²) in [4.78, 5) is 29.0. The molecule has 3 aromatic carbocycles. The van der Waals surface area contributed by atoms with E-state index >= 15 is 0 Å². The summed E-state index contributed by atoms with van der Waals surface area (Å²) in [6, 6.07) is 20.1. The first kappa shape index (κ1) is 32.8. The lowest BCUT2D eigenvalue weighted by molar-refractivity contribution is -0.141. The third-order valence-electron chi connectivity index (χ3n) is 7.57. The van der Waals surface area contributed by atoms with Crippen LogP contribution in [0, 0.1) is 19.7 Å². The minimum Gasteiger partial charge on any atom is -0.352 e. The molecule has 0 aliphatic carbocycles. The minimum atomic E-state index is -3.62. The largest absolute Gasteiger partial charge is 0.352 e. The zero-order valence-electron chi connectivity index (χ0n) is 25.1. The number of carbonyl (C=O) groups is 2. The number of nitrogens with zero attached hydrogens (tertiary/aromatic N) is 2. The van der Waals surface area contributed by atoms with Gasteiger partial charge < -0.3 is 10.2 Å². The maximum atomic E-state index is 14.8. The van der Waals surface area contributed by atoms with Gasteiger partial charge in [-0.05, 0) is 62.4 Å².